The Morgan fingerprint density at radius 1 is 0.473 bits per heavy atom. The molecule has 0 bridgehead atoms. The van der Waals surface area contributed by atoms with Crippen LogP contribution in [0.15, 0.2) is 49.2 Å². The maximum absolute atomic E-state index is 13.5. The van der Waals surface area contributed by atoms with Crippen LogP contribution < -0.4 is 4.74 Å². The SMILES string of the molecule is CC(C)Oc1cnn(CC(=O)[C@H]2CC[C@H]3[C@@H]4CC[C@@H]5C[C@](C)(O)CC[C@]5(C)[C@H]4CC[C@]23C)c1.Cc1cccn1CC(=O)[C@H]1CC[C@H]2[C@@H]3CC[C@@H]4C[C@](C)(O)CC[C@]4(C)[C@H]3CC[C@]12C.Cc1ccn(CC(=O)[C@H]2CC[C@H]3[C@@H]4CC[C@@H]5C[C@](C)(O)CC[C@]5(C)[C@H]4CC[C@]23C)c1. The van der Waals surface area contributed by atoms with E-state index >= 15 is 0 Å². The van der Waals surface area contributed by atoms with Gasteiger partial charge >= 0.3 is 0 Å². The third-order valence-corrected chi connectivity index (χ3v) is 31.9. The number of nitrogens with zero attached hydrogens (tertiary/aromatic N) is 4. The average molecular weight is 1280 g/mol. The normalized spacial score (nSPS) is 46.8. The summed E-state index contributed by atoms with van der Waals surface area (Å²) in [5, 5.41) is 36.5. The summed E-state index contributed by atoms with van der Waals surface area (Å²) in [6.45, 7) is 30.8. The molecule has 12 saturated carbocycles. The van der Waals surface area contributed by atoms with E-state index in [2.05, 4.69) is 114 Å². The fraction of sp³-hybridized carbons (Fsp3) is 0.829. The maximum atomic E-state index is 13.5. The second-order valence-corrected chi connectivity index (χ2v) is 37.7. The summed E-state index contributed by atoms with van der Waals surface area (Å²) in [4.78, 5) is 40.3. The van der Waals surface area contributed by atoms with Gasteiger partial charge in [0.15, 0.2) is 23.1 Å². The third kappa shape index (κ3) is 12.2. The molecule has 11 heteroatoms. The van der Waals surface area contributed by atoms with Crippen molar-refractivity contribution < 1.29 is 34.4 Å². The van der Waals surface area contributed by atoms with Crippen LogP contribution in [0.2, 0.25) is 0 Å². The van der Waals surface area contributed by atoms with E-state index in [1.807, 2.05) is 33.0 Å². The van der Waals surface area contributed by atoms with Gasteiger partial charge in [-0.05, 0) is 349 Å². The molecule has 12 aliphatic rings. The lowest BCUT2D eigenvalue weighted by Crippen LogP contribution is -2.55. The van der Waals surface area contributed by atoms with Crippen LogP contribution >= 0.6 is 0 Å². The molecular weight excluding hydrogens is 1150 g/mol. The Labute approximate surface area is 561 Å². The molecule has 0 unspecified atom stereocenters. The smallest absolute Gasteiger partial charge is 0.157 e. The predicted octanol–water partition coefficient (Wildman–Crippen LogP) is 17.2. The second kappa shape index (κ2) is 24.7. The highest BCUT2D eigenvalue weighted by molar-refractivity contribution is 5.83. The predicted molar refractivity (Wildman–Crippen MR) is 369 cm³/mol. The zero-order chi connectivity index (χ0) is 66.2. The van der Waals surface area contributed by atoms with E-state index in [1.54, 1.807) is 10.9 Å². The van der Waals surface area contributed by atoms with Gasteiger partial charge in [-0.2, -0.15) is 5.10 Å². The van der Waals surface area contributed by atoms with Crippen molar-refractivity contribution in [3.05, 3.63) is 60.4 Å². The summed E-state index contributed by atoms with van der Waals surface area (Å²) in [5.74, 6) is 11.5. The van der Waals surface area contributed by atoms with Crippen LogP contribution in [0.4, 0.5) is 0 Å². The van der Waals surface area contributed by atoms with E-state index in [1.165, 1.54) is 120 Å². The summed E-state index contributed by atoms with van der Waals surface area (Å²) >= 11 is 0. The van der Waals surface area contributed by atoms with Crippen LogP contribution in [-0.2, 0) is 34.0 Å². The molecule has 12 fully saturated rings. The lowest BCUT2D eigenvalue weighted by molar-refractivity contribution is -0.151. The number of ketones is 3. The molecule has 3 aromatic rings. The van der Waals surface area contributed by atoms with Crippen LogP contribution in [0.25, 0.3) is 0 Å². The van der Waals surface area contributed by atoms with E-state index in [0.717, 1.165) is 117 Å². The summed E-state index contributed by atoms with van der Waals surface area (Å²) < 4.78 is 11.7. The quantitative estimate of drug-likeness (QED) is 0.172. The number of hydrogen-bond donors (Lipinski definition) is 3. The van der Waals surface area contributed by atoms with Gasteiger partial charge in [0, 0.05) is 42.0 Å². The lowest BCUT2D eigenvalue weighted by atomic mass is 9.44. The molecule has 12 aliphatic carbocycles. The van der Waals surface area contributed by atoms with Crippen molar-refractivity contribution in [1.29, 1.82) is 0 Å². The minimum atomic E-state index is -0.475. The van der Waals surface area contributed by atoms with Gasteiger partial charge < -0.3 is 29.2 Å². The van der Waals surface area contributed by atoms with Crippen molar-refractivity contribution in [2.24, 2.45) is 121 Å². The molecule has 11 nitrogen and oxygen atoms in total. The number of rotatable bonds is 11. The Morgan fingerprint density at radius 2 is 0.871 bits per heavy atom. The molecule has 15 rings (SSSR count). The summed E-state index contributed by atoms with van der Waals surface area (Å²) in [7, 11) is 0. The van der Waals surface area contributed by atoms with Gasteiger partial charge in [0.25, 0.3) is 0 Å². The maximum Gasteiger partial charge on any atom is 0.157 e. The Balaban J connectivity index is 0.000000127. The average Bonchev–Trinajstić information content (AvgIpc) is 1.66. The number of ether oxygens (including phenoxy) is 1. The van der Waals surface area contributed by atoms with Crippen molar-refractivity contribution in [2.45, 2.75) is 306 Å². The van der Waals surface area contributed by atoms with Gasteiger partial charge in [-0.3, -0.25) is 19.1 Å². The Morgan fingerprint density at radius 3 is 1.25 bits per heavy atom. The molecule has 0 spiro atoms. The highest BCUT2D eigenvalue weighted by Gasteiger charge is 2.65. The van der Waals surface area contributed by atoms with Gasteiger partial charge in [-0.25, -0.2) is 0 Å². The first-order valence-electron chi connectivity index (χ1n) is 38.5. The fourth-order valence-electron chi connectivity index (χ4n) is 26.8. The summed E-state index contributed by atoms with van der Waals surface area (Å²) in [6.07, 6.45) is 41.4. The van der Waals surface area contributed by atoms with Crippen LogP contribution in [0.3, 0.4) is 0 Å². The third-order valence-electron chi connectivity index (χ3n) is 31.9. The molecule has 0 radical (unpaired) electrons. The second-order valence-electron chi connectivity index (χ2n) is 37.7. The summed E-state index contributed by atoms with van der Waals surface area (Å²) in [5.41, 5.74) is 2.73. The van der Waals surface area contributed by atoms with Gasteiger partial charge in [-0.1, -0.05) is 41.5 Å². The number of fused-ring (bicyclic) bond motifs is 15. The zero-order valence-corrected chi connectivity index (χ0v) is 60.3. The van der Waals surface area contributed by atoms with Crippen LogP contribution in [0.1, 0.15) is 261 Å². The number of aromatic nitrogens is 4. The molecule has 0 amide bonds. The Hall–Kier alpha value is -3.54. The Kier molecular flexibility index (Phi) is 18.1. The van der Waals surface area contributed by atoms with Crippen molar-refractivity contribution in [2.75, 3.05) is 0 Å². The molecule has 24 atom stereocenters. The number of carbonyl (C=O) groups is 3. The summed E-state index contributed by atoms with van der Waals surface area (Å²) in [6, 6.07) is 6.24. The molecule has 93 heavy (non-hydrogen) atoms. The zero-order valence-electron chi connectivity index (χ0n) is 60.3. The first kappa shape index (κ1) is 68.0. The monoisotopic (exact) mass is 1280 g/mol. The first-order valence-corrected chi connectivity index (χ1v) is 38.5. The van der Waals surface area contributed by atoms with Crippen molar-refractivity contribution >= 4 is 17.3 Å². The molecule has 516 valence electrons. The van der Waals surface area contributed by atoms with Gasteiger partial charge in [0.05, 0.1) is 54.9 Å². The highest BCUT2D eigenvalue weighted by Crippen LogP contribution is 2.72. The molecule has 0 saturated heterocycles. The molecule has 3 aromatic heterocycles. The van der Waals surface area contributed by atoms with Crippen LogP contribution in [0.5, 0.6) is 5.75 Å². The number of Topliss-reactive ketones (excluding diaryl/α,β-unsaturated/α-hetero) is 3. The van der Waals surface area contributed by atoms with Gasteiger partial charge in [0.2, 0.25) is 0 Å². The molecule has 3 N–H and O–H groups in total. The number of aryl methyl sites for hydroxylation is 2. The molecule has 0 aliphatic heterocycles. The fourth-order valence-corrected chi connectivity index (χ4v) is 26.8. The van der Waals surface area contributed by atoms with Crippen LogP contribution in [0, 0.1) is 135 Å². The van der Waals surface area contributed by atoms with Crippen molar-refractivity contribution in [3.63, 3.8) is 0 Å². The molecular formula is C82H126N4O7. The highest BCUT2D eigenvalue weighted by atomic mass is 16.5. The van der Waals surface area contributed by atoms with E-state index in [-0.39, 0.29) is 40.1 Å². The van der Waals surface area contributed by atoms with E-state index in [9.17, 15) is 29.7 Å². The Bertz CT molecular complexity index is 3200. The first-order chi connectivity index (χ1) is 43.8. The van der Waals surface area contributed by atoms with E-state index in [4.69, 9.17) is 4.74 Å². The van der Waals surface area contributed by atoms with Crippen molar-refractivity contribution in [3.8, 4) is 5.75 Å². The largest absolute Gasteiger partial charge is 0.488 e. The minimum absolute atomic E-state index is 0.107. The van der Waals surface area contributed by atoms with E-state index < -0.39 is 16.8 Å². The molecule has 3 heterocycles. The van der Waals surface area contributed by atoms with Crippen molar-refractivity contribution in [1.82, 2.24) is 18.9 Å². The number of carbonyl (C=O) groups excluding carboxylic acids is 3. The number of hydrogen-bond acceptors (Lipinski definition) is 8. The van der Waals surface area contributed by atoms with Crippen LogP contribution in [-0.4, -0.2) is 74.5 Å². The topological polar surface area (TPSA) is 149 Å². The lowest BCUT2D eigenvalue weighted by Gasteiger charge is -2.61. The van der Waals surface area contributed by atoms with E-state index in [0.29, 0.717) is 76.9 Å². The van der Waals surface area contributed by atoms with Gasteiger partial charge in [-0.15, -0.1) is 0 Å². The minimum Gasteiger partial charge on any atom is -0.488 e. The standard InChI is InChI=1S/C28H44N2O3.2C27H41NO2/c1-18(2)33-20-15-29-30(16-20)17-25(31)24-9-8-22-21-7-6-19-14-26(3,32)12-13-27(19,4)23(21)10-11-28(22,24)5;1-18-10-14-28(16-18)17-24(29)23-8-7-21-20-6-5-19-15-25(2,30)12-13-26(19,3)22(20)9-11-27(21,23)4;1-18-6-5-15-28(18)17-24(29)23-10-9-21-20-8-7-19-16-25(2,30)13-14-26(19,3)22(20)11-12-27(21,23)4/h15-16,18-19,21-24,32H,6-14,17H2,1-5H3;10,14,16,19-23,30H,5-9,11-13,15,17H2,1-4H3;5-6,15,19-23,30H,7-14,16-17H2,1-4H3/t19-,21+,22+,23+,24-,26-,27+,28+;2*19-,20+,21+,22+,23-,25-,26+,27+/m111/s1. The van der Waals surface area contributed by atoms with Gasteiger partial charge in [0.1, 0.15) is 0 Å². The number of aliphatic hydroxyl groups is 3. The molecule has 0 aromatic carbocycles.